The number of ketones is 1. The van der Waals surface area contributed by atoms with Crippen LogP contribution in [0.2, 0.25) is 0 Å². The van der Waals surface area contributed by atoms with E-state index in [2.05, 4.69) is 113 Å². The minimum Gasteiger partial charge on any atom is -0.383 e. The van der Waals surface area contributed by atoms with Gasteiger partial charge in [0.2, 0.25) is 0 Å². The van der Waals surface area contributed by atoms with Crippen LogP contribution in [0.25, 0.3) is 0 Å². The Balaban J connectivity index is 0.000000371. The van der Waals surface area contributed by atoms with Gasteiger partial charge in [0, 0.05) is 23.8 Å². The van der Waals surface area contributed by atoms with Crippen molar-refractivity contribution >= 4 is 81.2 Å². The summed E-state index contributed by atoms with van der Waals surface area (Å²) in [7, 11) is 14.8. The molecule has 80 heavy (non-hydrogen) atoms. The van der Waals surface area contributed by atoms with Gasteiger partial charge in [0.1, 0.15) is 17.2 Å². The van der Waals surface area contributed by atoms with E-state index in [-0.39, 0.29) is 44.8 Å². The van der Waals surface area contributed by atoms with Crippen LogP contribution in [0, 0.1) is 48.1 Å². The van der Waals surface area contributed by atoms with E-state index in [4.69, 9.17) is 41.7 Å². The van der Waals surface area contributed by atoms with Gasteiger partial charge in [-0.1, -0.05) is 218 Å². The molecule has 0 fully saturated rings. The average Bonchev–Trinajstić information content (AvgIpc) is 3.47. The first-order valence-corrected chi connectivity index (χ1v) is 32.6. The van der Waals surface area contributed by atoms with Crippen LogP contribution in [0.1, 0.15) is 182 Å². The number of rotatable bonds is 20. The summed E-state index contributed by atoms with van der Waals surface area (Å²) in [5.74, 6) is 1.49. The maximum absolute atomic E-state index is 12.7. The minimum absolute atomic E-state index is 0.0507. The van der Waals surface area contributed by atoms with E-state index < -0.39 is 37.5 Å². The van der Waals surface area contributed by atoms with E-state index in [0.717, 1.165) is 31.6 Å². The van der Waals surface area contributed by atoms with Crippen LogP contribution in [0.15, 0.2) is 152 Å². The molecule has 0 aliphatic heterocycles. The van der Waals surface area contributed by atoms with Gasteiger partial charge in [0.05, 0.1) is 20.3 Å². The van der Waals surface area contributed by atoms with Crippen molar-refractivity contribution in [1.82, 2.24) is 0 Å². The van der Waals surface area contributed by atoms with Crippen molar-refractivity contribution in [3.05, 3.63) is 227 Å². The molecule has 0 saturated carbocycles. The van der Waals surface area contributed by atoms with Crippen molar-refractivity contribution < 1.29 is 29.5 Å². The molecule has 430 valence electrons. The first-order chi connectivity index (χ1) is 37.7. The lowest BCUT2D eigenvalue weighted by Crippen LogP contribution is -2.29. The summed E-state index contributed by atoms with van der Waals surface area (Å²) in [5.41, 5.74) is 5.42. The van der Waals surface area contributed by atoms with Crippen LogP contribution in [-0.2, 0) is 16.2 Å². The first-order valence-electron chi connectivity index (χ1n) is 27.0. The van der Waals surface area contributed by atoms with Gasteiger partial charge in [-0.2, -0.15) is 0 Å². The van der Waals surface area contributed by atoms with E-state index in [1.54, 1.807) is 42.5 Å². The molecule has 6 aromatic rings. The topological polar surface area (TPSA) is 184 Å². The highest BCUT2D eigenvalue weighted by atomic mass is 35.8. The molecule has 7 unspecified atom stereocenters. The Morgan fingerprint density at radius 2 is 0.800 bits per heavy atom. The second-order valence-corrected chi connectivity index (χ2v) is 27.2. The standard InChI is InChI=1S/C21H27NO3.C21H25NO3.C14H22.C7H4ClNO3.Al.3ClH/c2*1-5-15(3)21(4,6-2)17-13-11-16(12-14-17)20(23)18-9-7-8-10-19(18)22(24)25;1-5-12(3)14(4,6-2)13-10-8-7-9-11-13;8-7(10)5-3-1-2-4-6(5)9(11)12;;;;/h7-15,20,23H,5-6H2,1-4H3;7-15H,5-6H2,1-4H3;7-12H,5-6H2,1-4H3;1-4H;;3*1H/q;;;;+3;;;/p-3. The van der Waals surface area contributed by atoms with Crippen LogP contribution < -0.4 is 0 Å². The maximum atomic E-state index is 12.7. The van der Waals surface area contributed by atoms with Gasteiger partial charge in [0.15, 0.2) is 5.78 Å². The molecule has 7 atom stereocenters. The molecule has 6 aromatic carbocycles. The van der Waals surface area contributed by atoms with Gasteiger partial charge >= 0.3 is 11.4 Å². The van der Waals surface area contributed by atoms with Crippen molar-refractivity contribution in [1.29, 1.82) is 0 Å². The Kier molecular flexibility index (Phi) is 30.1. The van der Waals surface area contributed by atoms with Gasteiger partial charge in [-0.25, -0.2) is 30.1 Å². The summed E-state index contributed by atoms with van der Waals surface area (Å²) < 4.78 is 0. The SMILES string of the molecule is CCC(C)C(C)(CC)c1ccc(C(=O)c2ccccc2[N+](=O)[O-])cc1.CCC(C)C(C)(CC)c1ccc(C(O)c2ccccc2[N+](=O)[O-])cc1.CCC(C)C(C)(CC)c1ccccc1.O=C(Cl)c1ccccc1[N+](=O)[O-].[Cl][Al]([Cl])[Cl]. The van der Waals surface area contributed by atoms with Gasteiger partial charge in [-0.15, -0.1) is 0 Å². The predicted octanol–water partition coefficient (Wildman–Crippen LogP) is 19.0. The lowest BCUT2D eigenvalue weighted by molar-refractivity contribution is -0.386. The number of halogens is 4. The fourth-order valence-corrected chi connectivity index (χ4v) is 9.73. The van der Waals surface area contributed by atoms with Gasteiger partial charge in [-0.05, 0) is 105 Å². The monoisotopic (exact) mass is 1190 g/mol. The molecule has 0 aromatic heterocycles. The molecular weight excluding hydrogens is 1110 g/mol. The van der Waals surface area contributed by atoms with Gasteiger partial charge < -0.3 is 5.11 Å². The first kappa shape index (κ1) is 70.6. The molecule has 17 heteroatoms. The number of aliphatic hydroxyl groups excluding tert-OH is 1. The number of aliphatic hydroxyl groups is 1. The van der Waals surface area contributed by atoms with E-state index in [9.17, 15) is 45.0 Å². The number of carbonyl (C=O) groups is 2. The number of nitro benzene ring substituents is 3. The summed E-state index contributed by atoms with van der Waals surface area (Å²) in [4.78, 5) is 54.4. The van der Waals surface area contributed by atoms with Crippen molar-refractivity contribution in [2.75, 3.05) is 0 Å². The lowest BCUT2D eigenvalue weighted by Gasteiger charge is -2.35. The quantitative estimate of drug-likeness (QED) is 0.0255. The number of para-hydroxylation sites is 3. The van der Waals surface area contributed by atoms with Crippen molar-refractivity contribution in [2.45, 2.75) is 144 Å². The number of carbonyl (C=O) groups excluding carboxylic acids is 2. The zero-order chi connectivity index (χ0) is 60.5. The van der Waals surface area contributed by atoms with Gasteiger partial charge in [0.25, 0.3) is 22.3 Å². The molecule has 0 spiro atoms. The summed E-state index contributed by atoms with van der Waals surface area (Å²) in [6.45, 7) is 27.1. The maximum Gasteiger partial charge on any atom is 0.643 e. The summed E-state index contributed by atoms with van der Waals surface area (Å²) in [6, 6.07) is 44.2. The number of hydrogen-bond donors (Lipinski definition) is 1. The zero-order valence-electron chi connectivity index (χ0n) is 48.1. The lowest BCUT2D eigenvalue weighted by atomic mass is 9.69. The summed E-state index contributed by atoms with van der Waals surface area (Å²) in [5, 5.41) is 42.5. The van der Waals surface area contributed by atoms with Gasteiger partial charge in [-0.3, -0.25) is 39.9 Å². The van der Waals surface area contributed by atoms with E-state index in [1.165, 1.54) is 72.0 Å². The van der Waals surface area contributed by atoms with Crippen LogP contribution in [-0.4, -0.2) is 42.3 Å². The molecule has 12 nitrogen and oxygen atoms in total. The van der Waals surface area contributed by atoms with Crippen LogP contribution in [0.3, 0.4) is 0 Å². The van der Waals surface area contributed by atoms with Crippen molar-refractivity contribution in [2.24, 2.45) is 17.8 Å². The third-order valence-corrected chi connectivity index (χ3v) is 16.7. The molecular formula is C63H78AlCl4N3O9. The normalized spacial score (nSPS) is 14.4. The molecule has 0 saturated heterocycles. The van der Waals surface area contributed by atoms with Crippen LogP contribution in [0.4, 0.5) is 17.1 Å². The smallest absolute Gasteiger partial charge is 0.383 e. The average molecular weight is 1190 g/mol. The Hall–Kier alpha value is -5.49. The molecule has 0 radical (unpaired) electrons. The summed E-state index contributed by atoms with van der Waals surface area (Å²) in [6.07, 6.45) is 5.69. The number of nitrogens with zero attached hydrogens (tertiary/aromatic N) is 3. The third-order valence-electron chi connectivity index (χ3n) is 16.5. The molecule has 0 bridgehead atoms. The highest BCUT2D eigenvalue weighted by molar-refractivity contribution is 7.54. The fourth-order valence-electron chi connectivity index (χ4n) is 9.57. The number of benzene rings is 6. The molecule has 6 rings (SSSR count). The fraction of sp³-hybridized carbons (Fsp3) is 0.397. The van der Waals surface area contributed by atoms with E-state index >= 15 is 0 Å². The number of nitro groups is 3. The predicted molar refractivity (Wildman–Crippen MR) is 331 cm³/mol. The van der Waals surface area contributed by atoms with Crippen molar-refractivity contribution in [3.8, 4) is 0 Å². The Labute approximate surface area is 495 Å². The molecule has 0 aliphatic carbocycles. The molecule has 0 amide bonds. The van der Waals surface area contributed by atoms with E-state index in [1.807, 2.05) is 36.4 Å². The van der Waals surface area contributed by atoms with E-state index in [0.29, 0.717) is 33.9 Å². The Morgan fingerprint density at radius 1 is 0.487 bits per heavy atom. The molecule has 1 N–H and O–H groups in total. The zero-order valence-corrected chi connectivity index (χ0v) is 52.3. The molecule has 0 aliphatic rings. The Morgan fingerprint density at radius 3 is 1.15 bits per heavy atom. The molecule has 0 heterocycles. The van der Waals surface area contributed by atoms with Crippen LogP contribution >= 0.6 is 41.7 Å². The Bertz CT molecular complexity index is 2880. The second-order valence-electron chi connectivity index (χ2n) is 20.4. The minimum atomic E-state index is -1.72. The third kappa shape index (κ3) is 19.3. The highest BCUT2D eigenvalue weighted by Gasteiger charge is 2.33. The second kappa shape index (κ2) is 34.1. The largest absolute Gasteiger partial charge is 0.643 e. The summed E-state index contributed by atoms with van der Waals surface area (Å²) >= 11 is 3.39. The van der Waals surface area contributed by atoms with Crippen molar-refractivity contribution in [3.63, 3.8) is 0 Å². The number of hydrogen-bond acceptors (Lipinski definition) is 9. The van der Waals surface area contributed by atoms with Crippen LogP contribution in [0.5, 0.6) is 0 Å². The highest BCUT2D eigenvalue weighted by Crippen LogP contribution is 2.40.